The number of hydrogen-bond acceptors (Lipinski definition) is 4. The molecule has 1 aromatic carbocycles. The Morgan fingerprint density at radius 2 is 2.35 bits per heavy atom. The number of Topliss-reactive ketones (excluding diaryl/α,β-unsaturated/α-hetero) is 1. The van der Waals surface area contributed by atoms with Crippen molar-refractivity contribution in [2.75, 3.05) is 25.2 Å². The van der Waals surface area contributed by atoms with Gasteiger partial charge in [-0.2, -0.15) is 11.8 Å². The number of aryl methyl sites for hydroxylation is 1. The smallest absolute Gasteiger partial charge is 0.184 e. The second kappa shape index (κ2) is 5.56. The van der Waals surface area contributed by atoms with Crippen LogP contribution in [0.5, 0.6) is 5.75 Å². The van der Waals surface area contributed by atoms with Crippen molar-refractivity contribution in [3.63, 3.8) is 0 Å². The van der Waals surface area contributed by atoms with Gasteiger partial charge < -0.3 is 10.1 Å². The molecule has 1 unspecified atom stereocenters. The summed E-state index contributed by atoms with van der Waals surface area (Å²) in [7, 11) is 1.60. The Morgan fingerprint density at radius 1 is 1.53 bits per heavy atom. The summed E-state index contributed by atoms with van der Waals surface area (Å²) in [4.78, 5) is 12.4. The molecule has 17 heavy (non-hydrogen) atoms. The Kier molecular flexibility index (Phi) is 4.07. The van der Waals surface area contributed by atoms with Crippen LogP contribution in [0.1, 0.15) is 15.9 Å². The highest BCUT2D eigenvalue weighted by molar-refractivity contribution is 7.99. The third-order valence-corrected chi connectivity index (χ3v) is 3.92. The van der Waals surface area contributed by atoms with Crippen LogP contribution >= 0.6 is 11.8 Å². The van der Waals surface area contributed by atoms with Crippen molar-refractivity contribution in [2.45, 2.75) is 13.0 Å². The number of ether oxygens (including phenoxy) is 1. The minimum absolute atomic E-state index is 0.0792. The summed E-state index contributed by atoms with van der Waals surface area (Å²) in [6.07, 6.45) is 0. The van der Waals surface area contributed by atoms with Gasteiger partial charge in [0.25, 0.3) is 0 Å². The first kappa shape index (κ1) is 12.5. The molecule has 0 radical (unpaired) electrons. The minimum Gasteiger partial charge on any atom is -0.496 e. The number of hydrogen-bond donors (Lipinski definition) is 1. The Hall–Kier alpha value is -1.00. The number of ketones is 1. The standard InChI is InChI=1S/C13H17NO2S/c1-9-3-4-12(16-2)10(7-9)13(15)11-8-17-6-5-14-11/h3-4,7,11,14H,5-6,8H2,1-2H3. The van der Waals surface area contributed by atoms with Crippen LogP contribution in [-0.2, 0) is 0 Å². The Labute approximate surface area is 106 Å². The summed E-state index contributed by atoms with van der Waals surface area (Å²) < 4.78 is 5.26. The Morgan fingerprint density at radius 3 is 3.00 bits per heavy atom. The van der Waals surface area contributed by atoms with Gasteiger partial charge in [-0.05, 0) is 19.1 Å². The van der Waals surface area contributed by atoms with E-state index in [9.17, 15) is 4.79 Å². The average Bonchev–Trinajstić information content (AvgIpc) is 2.39. The van der Waals surface area contributed by atoms with Crippen LogP contribution in [0.4, 0.5) is 0 Å². The third-order valence-electron chi connectivity index (χ3n) is 2.86. The fourth-order valence-electron chi connectivity index (χ4n) is 1.94. The molecule has 1 atom stereocenters. The molecule has 4 heteroatoms. The number of rotatable bonds is 3. The maximum atomic E-state index is 12.4. The quantitative estimate of drug-likeness (QED) is 0.833. The maximum Gasteiger partial charge on any atom is 0.184 e. The van der Waals surface area contributed by atoms with E-state index in [1.807, 2.05) is 36.9 Å². The molecule has 0 saturated carbocycles. The van der Waals surface area contributed by atoms with Crippen LogP contribution in [0.3, 0.4) is 0 Å². The highest BCUT2D eigenvalue weighted by atomic mass is 32.2. The van der Waals surface area contributed by atoms with Gasteiger partial charge in [0, 0.05) is 18.1 Å². The van der Waals surface area contributed by atoms with Gasteiger partial charge in [0.2, 0.25) is 0 Å². The lowest BCUT2D eigenvalue weighted by molar-refractivity contribution is 0.0950. The molecule has 3 nitrogen and oxygen atoms in total. The summed E-state index contributed by atoms with van der Waals surface area (Å²) in [6.45, 7) is 2.88. The average molecular weight is 251 g/mol. The molecule has 0 bridgehead atoms. The molecule has 1 N–H and O–H groups in total. The molecule has 0 aliphatic carbocycles. The first-order chi connectivity index (χ1) is 8.22. The molecule has 92 valence electrons. The summed E-state index contributed by atoms with van der Waals surface area (Å²) in [5, 5.41) is 3.26. The van der Waals surface area contributed by atoms with E-state index >= 15 is 0 Å². The van der Waals surface area contributed by atoms with Crippen molar-refractivity contribution in [1.82, 2.24) is 5.32 Å². The molecule has 1 aliphatic rings. The number of methoxy groups -OCH3 is 1. The highest BCUT2D eigenvalue weighted by Gasteiger charge is 2.24. The maximum absolute atomic E-state index is 12.4. The molecule has 1 heterocycles. The fraction of sp³-hybridized carbons (Fsp3) is 0.462. The van der Waals surface area contributed by atoms with Gasteiger partial charge in [-0.15, -0.1) is 0 Å². The monoisotopic (exact) mass is 251 g/mol. The largest absolute Gasteiger partial charge is 0.496 e. The zero-order chi connectivity index (χ0) is 12.3. The van der Waals surface area contributed by atoms with Crippen LogP contribution in [0.2, 0.25) is 0 Å². The van der Waals surface area contributed by atoms with Gasteiger partial charge in [0.15, 0.2) is 5.78 Å². The lowest BCUT2D eigenvalue weighted by Gasteiger charge is -2.22. The van der Waals surface area contributed by atoms with Crippen LogP contribution in [0, 0.1) is 6.92 Å². The van der Waals surface area contributed by atoms with Crippen molar-refractivity contribution < 1.29 is 9.53 Å². The van der Waals surface area contributed by atoms with Crippen LogP contribution in [0.15, 0.2) is 18.2 Å². The van der Waals surface area contributed by atoms with Crippen molar-refractivity contribution in [3.8, 4) is 5.75 Å². The highest BCUT2D eigenvalue weighted by Crippen LogP contribution is 2.23. The van der Waals surface area contributed by atoms with E-state index in [0.29, 0.717) is 11.3 Å². The second-order valence-electron chi connectivity index (χ2n) is 4.15. The van der Waals surface area contributed by atoms with Crippen molar-refractivity contribution in [2.24, 2.45) is 0 Å². The molecular formula is C13H17NO2S. The zero-order valence-corrected chi connectivity index (χ0v) is 11.0. The third kappa shape index (κ3) is 2.82. The number of carbonyl (C=O) groups is 1. The normalized spacial score (nSPS) is 20.0. The van der Waals surface area contributed by atoms with Gasteiger partial charge in [0.05, 0.1) is 18.7 Å². The zero-order valence-electron chi connectivity index (χ0n) is 10.2. The summed E-state index contributed by atoms with van der Waals surface area (Å²) in [5.74, 6) is 2.72. The van der Waals surface area contributed by atoms with E-state index in [4.69, 9.17) is 4.74 Å². The fourth-order valence-corrected chi connectivity index (χ4v) is 2.87. The Balaban J connectivity index is 2.25. The Bertz CT molecular complexity index is 414. The van der Waals surface area contributed by atoms with Gasteiger partial charge in [0.1, 0.15) is 5.75 Å². The van der Waals surface area contributed by atoms with E-state index in [1.54, 1.807) is 7.11 Å². The van der Waals surface area contributed by atoms with Crippen LogP contribution < -0.4 is 10.1 Å². The SMILES string of the molecule is COc1ccc(C)cc1C(=O)C1CSCCN1. The van der Waals surface area contributed by atoms with E-state index in [1.165, 1.54) is 0 Å². The van der Waals surface area contributed by atoms with Gasteiger partial charge in [-0.25, -0.2) is 0 Å². The molecule has 2 rings (SSSR count). The van der Waals surface area contributed by atoms with Crippen LogP contribution in [0.25, 0.3) is 0 Å². The topological polar surface area (TPSA) is 38.3 Å². The van der Waals surface area contributed by atoms with E-state index in [2.05, 4.69) is 5.32 Å². The van der Waals surface area contributed by atoms with Crippen LogP contribution in [-0.4, -0.2) is 37.0 Å². The molecular weight excluding hydrogens is 234 g/mol. The summed E-state index contributed by atoms with van der Waals surface area (Å²) in [6, 6.07) is 5.64. The van der Waals surface area contributed by atoms with Crippen molar-refractivity contribution in [3.05, 3.63) is 29.3 Å². The van der Waals surface area contributed by atoms with Gasteiger partial charge in [-0.1, -0.05) is 11.6 Å². The predicted molar refractivity (Wildman–Crippen MR) is 71.2 cm³/mol. The minimum atomic E-state index is -0.0792. The lowest BCUT2D eigenvalue weighted by Crippen LogP contribution is -2.43. The van der Waals surface area contributed by atoms with E-state index < -0.39 is 0 Å². The number of nitrogens with one attached hydrogen (secondary N) is 1. The molecule has 0 spiro atoms. The molecule has 1 aliphatic heterocycles. The predicted octanol–water partition coefficient (Wildman–Crippen LogP) is 1.89. The number of thioether (sulfide) groups is 1. The summed E-state index contributed by atoms with van der Waals surface area (Å²) in [5.41, 5.74) is 1.77. The van der Waals surface area contributed by atoms with Gasteiger partial charge >= 0.3 is 0 Å². The molecule has 0 aromatic heterocycles. The first-order valence-corrected chi connectivity index (χ1v) is 6.88. The second-order valence-corrected chi connectivity index (χ2v) is 5.30. The molecule has 1 fully saturated rings. The lowest BCUT2D eigenvalue weighted by atomic mass is 10.0. The molecule has 0 amide bonds. The number of carbonyl (C=O) groups excluding carboxylic acids is 1. The molecule has 1 saturated heterocycles. The van der Waals surface area contributed by atoms with Gasteiger partial charge in [-0.3, -0.25) is 4.79 Å². The van der Waals surface area contributed by atoms with Crippen molar-refractivity contribution in [1.29, 1.82) is 0 Å². The summed E-state index contributed by atoms with van der Waals surface area (Å²) >= 11 is 1.82. The van der Waals surface area contributed by atoms with Crippen molar-refractivity contribution >= 4 is 17.5 Å². The van der Waals surface area contributed by atoms with E-state index in [0.717, 1.165) is 23.6 Å². The molecule has 1 aromatic rings. The van der Waals surface area contributed by atoms with E-state index in [-0.39, 0.29) is 11.8 Å². The number of benzene rings is 1. The first-order valence-electron chi connectivity index (χ1n) is 5.72.